The lowest BCUT2D eigenvalue weighted by atomic mass is 9.71. The Morgan fingerprint density at radius 1 is 0.846 bits per heavy atom. The molecule has 0 aliphatic heterocycles. The van der Waals surface area contributed by atoms with Gasteiger partial charge in [0.15, 0.2) is 5.78 Å². The molecule has 5 aromatic rings. The number of aromatic nitrogens is 3. The number of nitrogens with zero attached hydrogens (tertiary/aromatic N) is 3. The lowest BCUT2D eigenvalue weighted by Crippen LogP contribution is -2.23. The molecular weight excluding hydrogens is 482 g/mol. The first kappa shape index (κ1) is 24.2. The minimum absolute atomic E-state index is 0.0294. The van der Waals surface area contributed by atoms with Gasteiger partial charge in [0.05, 0.1) is 17.2 Å². The Hall–Kier alpha value is -5.16. The molecule has 0 saturated heterocycles. The summed E-state index contributed by atoms with van der Waals surface area (Å²) in [6.07, 6.45) is 16.0. The number of allylic oxidation sites excluding steroid dienone is 6. The molecule has 0 N–H and O–H groups in total. The molecule has 2 aromatic heterocycles. The SMILES string of the molecule is O=C(C=CC1(c2ccc(Oc3cnc4ccccc4n3)cc2)C=CC=C(c2ccncc2)C1)c1ccccc1. The van der Waals surface area contributed by atoms with Crippen LogP contribution < -0.4 is 4.74 Å². The summed E-state index contributed by atoms with van der Waals surface area (Å²) in [5, 5.41) is 0. The van der Waals surface area contributed by atoms with Gasteiger partial charge in [-0.05, 0) is 65.6 Å². The summed E-state index contributed by atoms with van der Waals surface area (Å²) in [7, 11) is 0. The Labute approximate surface area is 226 Å². The van der Waals surface area contributed by atoms with Gasteiger partial charge in [0.25, 0.3) is 0 Å². The summed E-state index contributed by atoms with van der Waals surface area (Å²) in [5.41, 5.74) is 5.07. The molecule has 0 bridgehead atoms. The first-order chi connectivity index (χ1) is 19.2. The van der Waals surface area contributed by atoms with Gasteiger partial charge < -0.3 is 4.74 Å². The van der Waals surface area contributed by atoms with Gasteiger partial charge in [-0.25, -0.2) is 9.97 Å². The van der Waals surface area contributed by atoms with Gasteiger partial charge in [-0.3, -0.25) is 9.78 Å². The summed E-state index contributed by atoms with van der Waals surface area (Å²) in [6.45, 7) is 0. The molecule has 1 atom stereocenters. The van der Waals surface area contributed by atoms with Crippen molar-refractivity contribution in [2.24, 2.45) is 0 Å². The van der Waals surface area contributed by atoms with Crippen LogP contribution in [-0.4, -0.2) is 20.7 Å². The normalized spacial score (nSPS) is 16.8. The maximum absolute atomic E-state index is 13.0. The van der Waals surface area contributed by atoms with Crippen LogP contribution in [0.25, 0.3) is 16.6 Å². The molecule has 6 rings (SSSR count). The number of ether oxygens (including phenoxy) is 1. The largest absolute Gasteiger partial charge is 0.437 e. The lowest BCUT2D eigenvalue weighted by molar-refractivity contribution is 0.104. The molecule has 0 amide bonds. The van der Waals surface area contributed by atoms with Gasteiger partial charge in [0, 0.05) is 23.4 Å². The summed E-state index contributed by atoms with van der Waals surface area (Å²) < 4.78 is 6.03. The quantitative estimate of drug-likeness (QED) is 0.168. The van der Waals surface area contributed by atoms with Crippen molar-refractivity contribution in [1.82, 2.24) is 15.0 Å². The zero-order valence-corrected chi connectivity index (χ0v) is 21.1. The van der Waals surface area contributed by atoms with E-state index in [0.29, 0.717) is 23.6 Å². The monoisotopic (exact) mass is 507 g/mol. The number of ketones is 1. The molecule has 39 heavy (non-hydrogen) atoms. The molecule has 3 aromatic carbocycles. The molecule has 0 spiro atoms. The molecule has 1 unspecified atom stereocenters. The van der Waals surface area contributed by atoms with E-state index in [2.05, 4.69) is 33.2 Å². The molecule has 1 aliphatic rings. The molecule has 2 heterocycles. The number of fused-ring (bicyclic) bond motifs is 1. The first-order valence-electron chi connectivity index (χ1n) is 12.8. The van der Waals surface area contributed by atoms with Crippen LogP contribution in [0, 0.1) is 0 Å². The van der Waals surface area contributed by atoms with Gasteiger partial charge in [0.1, 0.15) is 5.75 Å². The van der Waals surface area contributed by atoms with Crippen LogP contribution in [0.5, 0.6) is 11.6 Å². The number of carbonyl (C=O) groups excluding carboxylic acids is 1. The predicted octanol–water partition coefficient (Wildman–Crippen LogP) is 7.54. The Bertz CT molecular complexity index is 1710. The minimum atomic E-state index is -0.515. The van der Waals surface area contributed by atoms with E-state index >= 15 is 0 Å². The molecular formula is C34H25N3O2. The van der Waals surface area contributed by atoms with E-state index in [9.17, 15) is 4.79 Å². The van der Waals surface area contributed by atoms with E-state index < -0.39 is 5.41 Å². The average molecular weight is 508 g/mol. The van der Waals surface area contributed by atoms with Crippen molar-refractivity contribution in [1.29, 1.82) is 0 Å². The molecule has 0 saturated carbocycles. The van der Waals surface area contributed by atoms with Crippen LogP contribution >= 0.6 is 0 Å². The fourth-order valence-corrected chi connectivity index (χ4v) is 4.81. The highest BCUT2D eigenvalue weighted by Crippen LogP contribution is 2.41. The van der Waals surface area contributed by atoms with Crippen molar-refractivity contribution in [3.05, 3.63) is 157 Å². The van der Waals surface area contributed by atoms with E-state index in [1.54, 1.807) is 24.7 Å². The zero-order chi connectivity index (χ0) is 26.5. The topological polar surface area (TPSA) is 65.0 Å². The molecule has 0 radical (unpaired) electrons. The lowest BCUT2D eigenvalue weighted by Gasteiger charge is -2.32. The summed E-state index contributed by atoms with van der Waals surface area (Å²) in [6, 6.07) is 29.0. The fourth-order valence-electron chi connectivity index (χ4n) is 4.81. The number of pyridine rings is 1. The highest BCUT2D eigenvalue weighted by Gasteiger charge is 2.30. The van der Waals surface area contributed by atoms with Gasteiger partial charge in [-0.15, -0.1) is 0 Å². The molecule has 5 heteroatoms. The van der Waals surface area contributed by atoms with Crippen LogP contribution in [0.3, 0.4) is 0 Å². The number of benzene rings is 3. The third-order valence-corrected chi connectivity index (χ3v) is 6.86. The highest BCUT2D eigenvalue weighted by molar-refractivity contribution is 6.04. The van der Waals surface area contributed by atoms with Crippen molar-refractivity contribution in [3.8, 4) is 11.6 Å². The van der Waals surface area contributed by atoms with Crippen LogP contribution in [-0.2, 0) is 5.41 Å². The smallest absolute Gasteiger partial charge is 0.238 e. The van der Waals surface area contributed by atoms with E-state index in [4.69, 9.17) is 4.74 Å². The van der Waals surface area contributed by atoms with Crippen molar-refractivity contribution in [3.63, 3.8) is 0 Å². The Morgan fingerprint density at radius 2 is 1.59 bits per heavy atom. The summed E-state index contributed by atoms with van der Waals surface area (Å²) in [4.78, 5) is 26.2. The van der Waals surface area contributed by atoms with Gasteiger partial charge in [-0.2, -0.15) is 0 Å². The molecule has 188 valence electrons. The van der Waals surface area contributed by atoms with Crippen molar-refractivity contribution >= 4 is 22.4 Å². The van der Waals surface area contributed by atoms with Crippen LogP contribution in [0.1, 0.15) is 27.9 Å². The maximum atomic E-state index is 13.0. The standard InChI is InChI=1S/C34H25N3O2/c38-32(26-7-2-1-3-8-26)16-20-34(19-6-9-27(23-34)25-17-21-35-22-18-25)28-12-14-29(15-13-28)39-33-24-36-30-10-4-5-11-31(30)37-33/h1-22,24H,23H2. The third-order valence-electron chi connectivity index (χ3n) is 6.86. The second-order valence-electron chi connectivity index (χ2n) is 9.39. The molecule has 0 fully saturated rings. The van der Waals surface area contributed by atoms with E-state index in [1.807, 2.05) is 97.1 Å². The second-order valence-corrected chi connectivity index (χ2v) is 9.39. The van der Waals surface area contributed by atoms with Gasteiger partial charge in [0.2, 0.25) is 5.88 Å². The number of carbonyl (C=O) groups is 1. The minimum Gasteiger partial charge on any atom is -0.437 e. The van der Waals surface area contributed by atoms with Gasteiger partial charge >= 0.3 is 0 Å². The van der Waals surface area contributed by atoms with Crippen LogP contribution in [0.15, 0.2) is 140 Å². The number of hydrogen-bond donors (Lipinski definition) is 0. The first-order valence-corrected chi connectivity index (χ1v) is 12.8. The fraction of sp³-hybridized carbons (Fsp3) is 0.0588. The highest BCUT2D eigenvalue weighted by atomic mass is 16.5. The average Bonchev–Trinajstić information content (AvgIpc) is 3.01. The van der Waals surface area contributed by atoms with E-state index in [-0.39, 0.29) is 5.78 Å². The van der Waals surface area contributed by atoms with Crippen LogP contribution in [0.4, 0.5) is 0 Å². The van der Waals surface area contributed by atoms with Crippen molar-refractivity contribution < 1.29 is 9.53 Å². The Kier molecular flexibility index (Phi) is 6.62. The maximum Gasteiger partial charge on any atom is 0.238 e. The Morgan fingerprint density at radius 3 is 2.38 bits per heavy atom. The number of hydrogen-bond acceptors (Lipinski definition) is 5. The van der Waals surface area contributed by atoms with Crippen molar-refractivity contribution in [2.75, 3.05) is 0 Å². The van der Waals surface area contributed by atoms with Crippen LogP contribution in [0.2, 0.25) is 0 Å². The molecule has 5 nitrogen and oxygen atoms in total. The zero-order valence-electron chi connectivity index (χ0n) is 21.1. The summed E-state index contributed by atoms with van der Waals surface area (Å²) >= 11 is 0. The van der Waals surface area contributed by atoms with Crippen molar-refractivity contribution in [2.45, 2.75) is 11.8 Å². The third kappa shape index (κ3) is 5.29. The summed E-state index contributed by atoms with van der Waals surface area (Å²) in [5.74, 6) is 1.07. The van der Waals surface area contributed by atoms with E-state index in [0.717, 1.165) is 22.2 Å². The predicted molar refractivity (Wildman–Crippen MR) is 154 cm³/mol. The molecule has 1 aliphatic carbocycles. The second kappa shape index (κ2) is 10.7. The van der Waals surface area contributed by atoms with E-state index in [1.165, 1.54) is 5.57 Å². The number of para-hydroxylation sites is 2. The Balaban J connectivity index is 1.31. The van der Waals surface area contributed by atoms with Gasteiger partial charge in [-0.1, -0.05) is 78.9 Å². The number of rotatable bonds is 7.